The van der Waals surface area contributed by atoms with Crippen molar-refractivity contribution in [1.82, 2.24) is 15.5 Å². The van der Waals surface area contributed by atoms with E-state index in [0.29, 0.717) is 36.6 Å². The van der Waals surface area contributed by atoms with E-state index >= 15 is 0 Å². The summed E-state index contributed by atoms with van der Waals surface area (Å²) < 4.78 is 0. The smallest absolute Gasteiger partial charge is 0.247 e. The number of carbonyl (C=O) groups excluding carboxylic acids is 2. The number of allylic oxidation sites excluding steroid dienone is 4. The predicted molar refractivity (Wildman–Crippen MR) is 174 cm³/mol. The number of halogens is 1. The van der Waals surface area contributed by atoms with E-state index in [1.54, 1.807) is 12.3 Å². The Hall–Kier alpha value is -3.38. The third kappa shape index (κ3) is 10.8. The Labute approximate surface area is 252 Å². The molecule has 1 aliphatic carbocycles. The average molecular weight is 579 g/mol. The summed E-state index contributed by atoms with van der Waals surface area (Å²) in [5, 5.41) is 6.97. The van der Waals surface area contributed by atoms with Crippen molar-refractivity contribution in [2.45, 2.75) is 72.8 Å². The zero-order chi connectivity index (χ0) is 30.4. The number of unbranched alkanes of at least 4 members (excludes halogenated alkanes) is 1. The third-order valence-electron chi connectivity index (χ3n) is 7.08. The fourth-order valence-corrected chi connectivity index (χ4v) is 5.01. The van der Waals surface area contributed by atoms with Gasteiger partial charge < -0.3 is 15.5 Å². The van der Waals surface area contributed by atoms with Gasteiger partial charge in [0.25, 0.3) is 0 Å². The van der Waals surface area contributed by atoms with Crippen molar-refractivity contribution in [2.75, 3.05) is 19.6 Å². The van der Waals surface area contributed by atoms with Gasteiger partial charge in [-0.2, -0.15) is 0 Å². The zero-order valence-electron chi connectivity index (χ0n) is 25.4. The van der Waals surface area contributed by atoms with Gasteiger partial charge in [0.2, 0.25) is 5.91 Å². The molecule has 0 aromatic heterocycles. The van der Waals surface area contributed by atoms with Crippen LogP contribution in [0.15, 0.2) is 77.5 Å². The van der Waals surface area contributed by atoms with Gasteiger partial charge in [0, 0.05) is 41.4 Å². The van der Waals surface area contributed by atoms with Crippen LogP contribution in [0, 0.1) is 12.8 Å². The molecule has 2 rings (SSSR count). The number of nitrogens with zero attached hydrogens (tertiary/aromatic N) is 2. The fraction of sp³-hybridized carbons (Fsp3) is 0.441. The summed E-state index contributed by atoms with van der Waals surface area (Å²) in [7, 11) is 0. The van der Waals surface area contributed by atoms with Crippen LogP contribution in [0.3, 0.4) is 0 Å². The second kappa shape index (κ2) is 17.4. The molecule has 0 radical (unpaired) electrons. The number of aryl methyl sites for hydroxylation is 1. The molecule has 0 bridgehead atoms. The molecule has 1 atom stereocenters. The number of rotatable bonds is 16. The van der Waals surface area contributed by atoms with E-state index in [-0.39, 0.29) is 11.9 Å². The van der Waals surface area contributed by atoms with Gasteiger partial charge in [-0.05, 0) is 82.2 Å². The van der Waals surface area contributed by atoms with Crippen LogP contribution in [0.25, 0.3) is 5.70 Å². The summed E-state index contributed by atoms with van der Waals surface area (Å²) in [6.07, 6.45) is 11.9. The highest BCUT2D eigenvalue weighted by molar-refractivity contribution is 6.31. The van der Waals surface area contributed by atoms with Crippen LogP contribution in [0.4, 0.5) is 0 Å². The monoisotopic (exact) mass is 578 g/mol. The largest absolute Gasteiger partial charge is 0.383 e. The maximum Gasteiger partial charge on any atom is 0.247 e. The van der Waals surface area contributed by atoms with Crippen LogP contribution in [0.1, 0.15) is 70.9 Å². The first-order chi connectivity index (χ1) is 19.6. The highest BCUT2D eigenvalue weighted by Gasteiger charge is 2.17. The first-order valence-corrected chi connectivity index (χ1v) is 14.9. The number of amides is 1. The van der Waals surface area contributed by atoms with Gasteiger partial charge in [-0.25, -0.2) is 4.99 Å². The number of carbonyl (C=O) groups is 2. The molecule has 222 valence electrons. The lowest BCUT2D eigenvalue weighted by atomic mass is 9.98. The van der Waals surface area contributed by atoms with Crippen molar-refractivity contribution in [3.63, 3.8) is 0 Å². The third-order valence-corrected chi connectivity index (χ3v) is 7.48. The number of aliphatic imine (C=N–C) groups is 1. The van der Waals surface area contributed by atoms with Crippen molar-refractivity contribution >= 4 is 35.3 Å². The van der Waals surface area contributed by atoms with Gasteiger partial charge in [-0.15, -0.1) is 6.58 Å². The molecule has 0 spiro atoms. The van der Waals surface area contributed by atoms with Gasteiger partial charge in [0.15, 0.2) is 6.29 Å². The van der Waals surface area contributed by atoms with Crippen LogP contribution in [-0.4, -0.2) is 48.6 Å². The molecule has 6 nitrogen and oxygen atoms in total. The predicted octanol–water partition coefficient (Wildman–Crippen LogP) is 7.18. The SMILES string of the molecule is C=CNC(C=C)CN(CCCCNC(=O)C1=C(C=O)C=CCC1)C(C)=N/C(=C(\C)CC(C)C)c1ccc(C)c(Cl)c1. The van der Waals surface area contributed by atoms with Gasteiger partial charge in [0.05, 0.1) is 11.7 Å². The summed E-state index contributed by atoms with van der Waals surface area (Å²) in [5.41, 5.74) is 5.25. The van der Waals surface area contributed by atoms with Crippen molar-refractivity contribution in [3.8, 4) is 0 Å². The molecule has 0 fully saturated rings. The molecular weight excluding hydrogens is 532 g/mol. The Morgan fingerprint density at radius 2 is 1.98 bits per heavy atom. The van der Waals surface area contributed by atoms with E-state index in [1.165, 1.54) is 5.57 Å². The van der Waals surface area contributed by atoms with Crippen LogP contribution in [0.5, 0.6) is 0 Å². The van der Waals surface area contributed by atoms with Gasteiger partial charge in [-0.3, -0.25) is 9.59 Å². The molecule has 2 N–H and O–H groups in total. The summed E-state index contributed by atoms with van der Waals surface area (Å²) in [4.78, 5) is 31.4. The van der Waals surface area contributed by atoms with Crippen LogP contribution in [-0.2, 0) is 9.59 Å². The Morgan fingerprint density at radius 3 is 2.61 bits per heavy atom. The van der Waals surface area contributed by atoms with Gasteiger partial charge >= 0.3 is 0 Å². The molecule has 1 aliphatic rings. The van der Waals surface area contributed by atoms with E-state index in [2.05, 4.69) is 55.5 Å². The lowest BCUT2D eigenvalue weighted by Gasteiger charge is -2.28. The lowest BCUT2D eigenvalue weighted by molar-refractivity contribution is -0.118. The number of aldehydes is 1. The molecule has 1 aromatic carbocycles. The molecular formula is C34H47ClN4O2. The topological polar surface area (TPSA) is 73.8 Å². The molecule has 0 saturated heterocycles. The van der Waals surface area contributed by atoms with E-state index in [4.69, 9.17) is 16.6 Å². The quantitative estimate of drug-likeness (QED) is 0.0716. The maximum absolute atomic E-state index is 12.6. The van der Waals surface area contributed by atoms with E-state index in [9.17, 15) is 9.59 Å². The number of amidine groups is 1. The molecule has 41 heavy (non-hydrogen) atoms. The number of hydrogen-bond donors (Lipinski definition) is 2. The maximum atomic E-state index is 12.6. The second-order valence-electron chi connectivity index (χ2n) is 11.0. The van der Waals surface area contributed by atoms with Crippen LogP contribution >= 0.6 is 11.6 Å². The highest BCUT2D eigenvalue weighted by atomic mass is 35.5. The molecule has 0 aliphatic heterocycles. The minimum atomic E-state index is -0.153. The Bertz CT molecular complexity index is 1210. The first-order valence-electron chi connectivity index (χ1n) is 14.5. The summed E-state index contributed by atoms with van der Waals surface area (Å²) in [5.74, 6) is 1.24. The Morgan fingerprint density at radius 1 is 1.22 bits per heavy atom. The minimum Gasteiger partial charge on any atom is -0.383 e. The first kappa shape index (κ1) is 33.8. The average Bonchev–Trinajstić information content (AvgIpc) is 2.95. The summed E-state index contributed by atoms with van der Waals surface area (Å²) in [6.45, 7) is 20.4. The van der Waals surface area contributed by atoms with E-state index < -0.39 is 0 Å². The summed E-state index contributed by atoms with van der Waals surface area (Å²) in [6, 6.07) is 6.13. The molecule has 7 heteroatoms. The van der Waals surface area contributed by atoms with Crippen LogP contribution < -0.4 is 10.6 Å². The number of hydrogen-bond acceptors (Lipinski definition) is 4. The van der Waals surface area contributed by atoms with Crippen LogP contribution in [0.2, 0.25) is 5.02 Å². The van der Waals surface area contributed by atoms with Crippen molar-refractivity contribution in [3.05, 3.63) is 88.7 Å². The molecule has 1 amide bonds. The van der Waals surface area contributed by atoms with Crippen molar-refractivity contribution < 1.29 is 9.59 Å². The van der Waals surface area contributed by atoms with Gasteiger partial charge in [0.1, 0.15) is 5.84 Å². The van der Waals surface area contributed by atoms with Crippen molar-refractivity contribution in [2.24, 2.45) is 10.9 Å². The molecule has 1 unspecified atom stereocenters. The van der Waals surface area contributed by atoms with E-state index in [1.807, 2.05) is 38.1 Å². The number of benzene rings is 1. The highest BCUT2D eigenvalue weighted by Crippen LogP contribution is 2.28. The molecule has 1 aromatic rings. The van der Waals surface area contributed by atoms with E-state index in [0.717, 1.165) is 66.2 Å². The fourth-order valence-electron chi connectivity index (χ4n) is 4.83. The standard InChI is InChI=1S/C34H47ClN4O2/c1-8-30(36-9-2)22-39(19-13-12-18-37-34(41)31-15-11-10-14-29(31)23-40)27(7)38-33(26(6)20-24(3)4)28-17-16-25(5)32(35)21-28/h8-10,14,16-17,21,23-24,30,36H,1-2,11-13,15,18-20,22H2,3-7H3,(H,37,41)/b33-26+,38-27?. The Balaban J connectivity index is 2.23. The summed E-state index contributed by atoms with van der Waals surface area (Å²) >= 11 is 6.51. The number of nitrogens with one attached hydrogen (secondary N) is 2. The molecule has 0 saturated carbocycles. The zero-order valence-corrected chi connectivity index (χ0v) is 26.2. The molecule has 0 heterocycles. The second-order valence-corrected chi connectivity index (χ2v) is 11.4. The van der Waals surface area contributed by atoms with Crippen molar-refractivity contribution in [1.29, 1.82) is 0 Å². The normalized spacial score (nSPS) is 14.9. The Kier molecular flexibility index (Phi) is 14.4. The van der Waals surface area contributed by atoms with Gasteiger partial charge in [-0.1, -0.05) is 62.4 Å². The minimum absolute atomic E-state index is 0.00317. The lowest BCUT2D eigenvalue weighted by Crippen LogP contribution is -2.41.